The molecule has 2 aromatic carbocycles. The molecule has 0 saturated carbocycles. The minimum atomic E-state index is 0.386. The van der Waals surface area contributed by atoms with Crippen LogP contribution in [0.4, 0.5) is 0 Å². The van der Waals surface area contributed by atoms with Crippen molar-refractivity contribution >= 4 is 28.4 Å². The van der Waals surface area contributed by atoms with E-state index in [-0.39, 0.29) is 0 Å². The third-order valence-electron chi connectivity index (χ3n) is 6.10. The molecule has 30 heavy (non-hydrogen) atoms. The Bertz CT molecular complexity index is 987. The zero-order valence-corrected chi connectivity index (χ0v) is 18.5. The van der Waals surface area contributed by atoms with E-state index in [1.165, 1.54) is 35.3 Å². The first-order valence-electron chi connectivity index (χ1n) is 10.8. The highest BCUT2D eigenvalue weighted by Gasteiger charge is 2.22. The molecular formula is C24H31N5S. The second-order valence-corrected chi connectivity index (χ2v) is 8.81. The molecule has 5 nitrogen and oxygen atoms in total. The van der Waals surface area contributed by atoms with Gasteiger partial charge in [0.2, 0.25) is 0 Å². The molecule has 1 aliphatic rings. The molecule has 1 saturated heterocycles. The van der Waals surface area contributed by atoms with Crippen LogP contribution in [0.1, 0.15) is 29.8 Å². The van der Waals surface area contributed by atoms with Crippen LogP contribution < -0.4 is 11.1 Å². The van der Waals surface area contributed by atoms with Crippen molar-refractivity contribution in [3.63, 3.8) is 0 Å². The van der Waals surface area contributed by atoms with Gasteiger partial charge in [-0.05, 0) is 68.7 Å². The summed E-state index contributed by atoms with van der Waals surface area (Å²) in [6.07, 6.45) is 3.46. The predicted molar refractivity (Wildman–Crippen MR) is 128 cm³/mol. The maximum Gasteiger partial charge on any atom is 0.163 e. The Balaban J connectivity index is 1.44. The minimum absolute atomic E-state index is 0.386. The number of imidazole rings is 1. The lowest BCUT2D eigenvalue weighted by molar-refractivity contribution is 0.185. The van der Waals surface area contributed by atoms with Gasteiger partial charge in [-0.15, -0.1) is 0 Å². The van der Waals surface area contributed by atoms with E-state index < -0.39 is 0 Å². The number of para-hydroxylation sites is 2. The number of aryl methyl sites for hydroxylation is 1. The monoisotopic (exact) mass is 421 g/mol. The summed E-state index contributed by atoms with van der Waals surface area (Å²) >= 11 is 4.89. The maximum absolute atomic E-state index is 5.52. The highest BCUT2D eigenvalue weighted by atomic mass is 32.1. The van der Waals surface area contributed by atoms with Crippen LogP contribution in [0.3, 0.4) is 0 Å². The number of aromatic nitrogens is 2. The maximum atomic E-state index is 5.52. The van der Waals surface area contributed by atoms with Gasteiger partial charge in [-0.3, -0.25) is 0 Å². The molecule has 1 aliphatic heterocycles. The lowest BCUT2D eigenvalue weighted by atomic mass is 9.93. The summed E-state index contributed by atoms with van der Waals surface area (Å²) in [6.45, 7) is 7.08. The van der Waals surface area contributed by atoms with Crippen LogP contribution in [0.5, 0.6) is 0 Å². The van der Waals surface area contributed by atoms with E-state index in [1.54, 1.807) is 0 Å². The van der Waals surface area contributed by atoms with E-state index in [0.717, 1.165) is 44.7 Å². The third kappa shape index (κ3) is 5.18. The van der Waals surface area contributed by atoms with Crippen LogP contribution in [0, 0.1) is 12.8 Å². The number of piperidine rings is 1. The summed E-state index contributed by atoms with van der Waals surface area (Å²) in [7, 11) is 0. The first-order valence-corrected chi connectivity index (χ1v) is 11.2. The molecule has 0 atom stereocenters. The molecule has 3 aromatic rings. The molecular weight excluding hydrogens is 390 g/mol. The fraction of sp³-hybridized carbons (Fsp3) is 0.417. The number of nitrogens with zero attached hydrogens (tertiary/aromatic N) is 3. The van der Waals surface area contributed by atoms with Gasteiger partial charge < -0.3 is 20.5 Å². The zero-order valence-electron chi connectivity index (χ0n) is 17.7. The normalized spacial score (nSPS) is 15.5. The van der Waals surface area contributed by atoms with Crippen molar-refractivity contribution in [2.75, 3.05) is 26.2 Å². The second-order valence-electron chi connectivity index (χ2n) is 8.37. The zero-order chi connectivity index (χ0) is 20.9. The van der Waals surface area contributed by atoms with Crippen LogP contribution in [0.25, 0.3) is 11.0 Å². The number of thiocarbonyl (C=S) groups is 1. The van der Waals surface area contributed by atoms with Crippen molar-refractivity contribution in [2.45, 2.75) is 32.7 Å². The summed E-state index contributed by atoms with van der Waals surface area (Å²) < 4.78 is 2.42. The smallest absolute Gasteiger partial charge is 0.163 e. The summed E-state index contributed by atoms with van der Waals surface area (Å²) in [5.41, 5.74) is 10.5. The van der Waals surface area contributed by atoms with Gasteiger partial charge in [-0.25, -0.2) is 4.98 Å². The van der Waals surface area contributed by atoms with E-state index in [4.69, 9.17) is 22.9 Å². The highest BCUT2D eigenvalue weighted by molar-refractivity contribution is 7.80. The van der Waals surface area contributed by atoms with Gasteiger partial charge in [0.1, 0.15) is 5.82 Å². The van der Waals surface area contributed by atoms with Crippen molar-refractivity contribution in [1.29, 1.82) is 0 Å². The van der Waals surface area contributed by atoms with E-state index in [9.17, 15) is 0 Å². The van der Waals surface area contributed by atoms with Crippen LogP contribution >= 0.6 is 12.2 Å². The number of hydrogen-bond donors (Lipinski definition) is 2. The van der Waals surface area contributed by atoms with Gasteiger partial charge in [-0.2, -0.15) is 0 Å². The lowest BCUT2D eigenvalue weighted by Crippen LogP contribution is -2.41. The van der Waals surface area contributed by atoms with Crippen molar-refractivity contribution in [3.05, 3.63) is 65.5 Å². The quantitative estimate of drug-likeness (QED) is 0.572. The molecule has 1 fully saturated rings. The fourth-order valence-electron chi connectivity index (χ4n) is 4.34. The summed E-state index contributed by atoms with van der Waals surface area (Å²) in [5, 5.41) is 3.43. The number of nitrogens with two attached hydrogens (primary N) is 1. The Morgan fingerprint density at radius 3 is 2.60 bits per heavy atom. The Kier molecular flexibility index (Phi) is 6.65. The number of fused-ring (bicyclic) bond motifs is 1. The standard InChI is InChI=1S/C24H31N5S/c1-18-6-8-20(9-7-18)17-29-22-5-3-2-4-21(22)27-23(29)16-19-10-13-28(14-11-19)15-12-26-24(25)30/h2-9,19H,10-17H2,1H3,(H3,25,26,30). The Morgan fingerprint density at radius 2 is 1.87 bits per heavy atom. The summed E-state index contributed by atoms with van der Waals surface area (Å²) in [5.74, 6) is 1.89. The molecule has 0 spiro atoms. The first kappa shape index (κ1) is 20.8. The van der Waals surface area contributed by atoms with Crippen molar-refractivity contribution in [3.8, 4) is 0 Å². The van der Waals surface area contributed by atoms with E-state index in [0.29, 0.717) is 11.0 Å². The van der Waals surface area contributed by atoms with Crippen LogP contribution in [-0.2, 0) is 13.0 Å². The van der Waals surface area contributed by atoms with Gasteiger partial charge in [0, 0.05) is 26.1 Å². The van der Waals surface area contributed by atoms with Gasteiger partial charge in [0.15, 0.2) is 5.11 Å². The van der Waals surface area contributed by atoms with Gasteiger partial charge >= 0.3 is 0 Å². The van der Waals surface area contributed by atoms with Crippen LogP contribution in [-0.4, -0.2) is 45.7 Å². The topological polar surface area (TPSA) is 59.1 Å². The molecule has 3 N–H and O–H groups in total. The summed E-state index contributed by atoms with van der Waals surface area (Å²) in [4.78, 5) is 7.52. The van der Waals surface area contributed by atoms with Gasteiger partial charge in [0.05, 0.1) is 11.0 Å². The Labute approximate surface area is 184 Å². The minimum Gasteiger partial charge on any atom is -0.376 e. The molecule has 0 amide bonds. The first-order chi connectivity index (χ1) is 14.6. The number of rotatable bonds is 7. The van der Waals surface area contributed by atoms with Crippen LogP contribution in [0.15, 0.2) is 48.5 Å². The average Bonchev–Trinajstić information content (AvgIpc) is 3.08. The van der Waals surface area contributed by atoms with Crippen LogP contribution in [0.2, 0.25) is 0 Å². The largest absolute Gasteiger partial charge is 0.376 e. The Morgan fingerprint density at radius 1 is 1.13 bits per heavy atom. The van der Waals surface area contributed by atoms with E-state index in [2.05, 4.69) is 70.2 Å². The molecule has 6 heteroatoms. The van der Waals surface area contributed by atoms with Crippen molar-refractivity contribution in [1.82, 2.24) is 19.8 Å². The molecule has 158 valence electrons. The van der Waals surface area contributed by atoms with Gasteiger partial charge in [0.25, 0.3) is 0 Å². The molecule has 1 aromatic heterocycles. The molecule has 2 heterocycles. The van der Waals surface area contributed by atoms with Gasteiger partial charge in [-0.1, -0.05) is 42.0 Å². The predicted octanol–water partition coefficient (Wildman–Crippen LogP) is 3.48. The molecule has 4 rings (SSSR count). The fourth-order valence-corrected chi connectivity index (χ4v) is 4.45. The van der Waals surface area contributed by atoms with Crippen molar-refractivity contribution in [2.24, 2.45) is 11.7 Å². The van der Waals surface area contributed by atoms with E-state index >= 15 is 0 Å². The average molecular weight is 422 g/mol. The number of hydrogen-bond acceptors (Lipinski definition) is 3. The highest BCUT2D eigenvalue weighted by Crippen LogP contribution is 2.25. The molecule has 0 unspecified atom stereocenters. The number of nitrogens with one attached hydrogen (secondary N) is 1. The Hall–Kier alpha value is -2.44. The lowest BCUT2D eigenvalue weighted by Gasteiger charge is -2.32. The third-order valence-corrected chi connectivity index (χ3v) is 6.24. The summed E-state index contributed by atoms with van der Waals surface area (Å²) in [6, 6.07) is 17.3. The molecule has 0 radical (unpaired) electrons. The second kappa shape index (κ2) is 9.58. The molecule has 0 aliphatic carbocycles. The van der Waals surface area contributed by atoms with Crippen molar-refractivity contribution < 1.29 is 0 Å². The number of likely N-dealkylation sites (tertiary alicyclic amines) is 1. The molecule has 0 bridgehead atoms. The number of benzene rings is 2. The van der Waals surface area contributed by atoms with E-state index in [1.807, 2.05) is 0 Å². The SMILES string of the molecule is Cc1ccc(Cn2c(CC3CCN(CCNC(N)=S)CC3)nc3ccccc32)cc1.